The van der Waals surface area contributed by atoms with Gasteiger partial charge < -0.3 is 32.4 Å². The number of aromatic nitrogens is 10. The Morgan fingerprint density at radius 2 is 0.853 bits per heavy atom. The number of hydrogen-bond acceptors (Lipinski definition) is 19. The Bertz CT molecular complexity index is 2980. The predicted molar refractivity (Wildman–Crippen MR) is 313 cm³/mol. The molecule has 23 nitrogen and oxygen atoms in total. The molecule has 6 heterocycles. The third-order valence-corrected chi connectivity index (χ3v) is 8.75. The van der Waals surface area contributed by atoms with Gasteiger partial charge in [-0.15, -0.1) is 0 Å². The van der Waals surface area contributed by atoms with Crippen molar-refractivity contribution in [3.05, 3.63) is 108 Å². The van der Waals surface area contributed by atoms with Gasteiger partial charge in [0.1, 0.15) is 34.4 Å². The molecule has 0 radical (unpaired) electrons. The molecule has 0 spiro atoms. The van der Waals surface area contributed by atoms with Crippen molar-refractivity contribution in [1.82, 2.24) is 49.5 Å². The first kappa shape index (κ1) is 64.5. The summed E-state index contributed by atoms with van der Waals surface area (Å²) in [5.74, 6) is -0.612. The van der Waals surface area contributed by atoms with Crippen LogP contribution in [0.4, 0.5) is 53.0 Å². The molecule has 8 aromatic rings. The number of carbonyl (C=O) groups excluding carboxylic acids is 2. The van der Waals surface area contributed by atoms with Gasteiger partial charge in [0.15, 0.2) is 46.2 Å². The Morgan fingerprint density at radius 1 is 0.560 bits per heavy atom. The van der Waals surface area contributed by atoms with E-state index in [9.17, 15) is 31.0 Å². The second-order valence-electron chi connectivity index (χ2n) is 14.8. The monoisotopic (exact) mass is 1320 g/mol. The smallest absolute Gasteiger partial charge is 0.411 e. The quantitative estimate of drug-likeness (QED) is 0.0817. The van der Waals surface area contributed by atoms with Gasteiger partial charge >= 0.3 is 12.2 Å². The molecule has 404 valence electrons. The van der Waals surface area contributed by atoms with Crippen molar-refractivity contribution in [2.45, 2.75) is 20.5 Å². The van der Waals surface area contributed by atoms with Crippen LogP contribution < -0.4 is 33.6 Å². The molecule has 2 amide bonds. The van der Waals surface area contributed by atoms with E-state index in [2.05, 4.69) is 97.4 Å². The Labute approximate surface area is 461 Å². The number of fused-ring (bicyclic) bond motifs is 2. The van der Waals surface area contributed by atoms with Crippen molar-refractivity contribution in [3.8, 4) is 23.0 Å². The summed E-state index contributed by atoms with van der Waals surface area (Å²) in [6, 6.07) is 19.9. The molecule has 0 fully saturated rings. The number of nitrogens with two attached hydrogens (primary N) is 4. The van der Waals surface area contributed by atoms with Gasteiger partial charge in [-0.3, -0.25) is 23.3 Å². The highest BCUT2D eigenvalue weighted by Crippen LogP contribution is 2.32. The number of hydrogen-bond donors (Lipinski definition) is 6. The van der Waals surface area contributed by atoms with Crippen LogP contribution in [-0.4, -0.2) is 126 Å². The lowest BCUT2D eigenvalue weighted by molar-refractivity contribution is 0.186. The molecule has 0 saturated heterocycles. The largest absolute Gasteiger partial charge is 0.453 e. The van der Waals surface area contributed by atoms with Crippen LogP contribution in [0, 0.1) is 11.6 Å². The van der Waals surface area contributed by atoms with Crippen LogP contribution in [0.2, 0.25) is 0 Å². The van der Waals surface area contributed by atoms with E-state index in [1.807, 2.05) is 0 Å². The number of carbonyl (C=O) groups is 2. The number of halogens is 4. The number of nitrogen functional groups attached to an aromatic ring is 4. The molecule has 0 aliphatic heterocycles. The molecule has 0 aliphatic carbocycles. The van der Waals surface area contributed by atoms with Crippen molar-refractivity contribution in [1.29, 1.82) is 0 Å². The predicted octanol–water partition coefficient (Wildman–Crippen LogP) is 7.23. The highest BCUT2D eigenvalue weighted by Gasteiger charge is 2.22. The van der Waals surface area contributed by atoms with Crippen LogP contribution >= 0.6 is 37.2 Å². The van der Waals surface area contributed by atoms with Gasteiger partial charge in [-0.05, 0) is 36.4 Å². The number of nitrogens with one attached hydrogen (secondary N) is 2. The van der Waals surface area contributed by atoms with Gasteiger partial charge in [0.05, 0.1) is 38.1 Å². The first-order valence-corrected chi connectivity index (χ1v) is 32.9. The third-order valence-electron chi connectivity index (χ3n) is 8.75. The molecule has 0 aliphatic rings. The summed E-state index contributed by atoms with van der Waals surface area (Å²) in [6.07, 6.45) is 11.5. The third kappa shape index (κ3) is 19.5. The SMILES string of the molecule is C.COC(=O)Nc1c(N)nc(-c2nn(Cc3ccccc3F)c3ncccc23)nc1N.COC(=O)Nc1c(N)nc(-c2nn(Cc3ccccc3F)c3ncccc23)nc1N.CS(C)=O.CS(C)=O.CS(C)=O.II. The average molecular weight is 1320 g/mol. The number of rotatable bonds is 8. The first-order valence-electron chi connectivity index (χ1n) is 20.7. The number of amides is 2. The fourth-order valence-electron chi connectivity index (χ4n) is 5.91. The molecule has 0 atom stereocenters. The molecule has 75 heavy (non-hydrogen) atoms. The van der Waals surface area contributed by atoms with E-state index < -0.39 is 44.6 Å². The van der Waals surface area contributed by atoms with Crippen molar-refractivity contribution in [2.75, 3.05) is 85.3 Å². The fourth-order valence-corrected chi connectivity index (χ4v) is 5.91. The second kappa shape index (κ2) is 31.9. The van der Waals surface area contributed by atoms with Crippen molar-refractivity contribution < 1.29 is 40.5 Å². The zero-order chi connectivity index (χ0) is 55.2. The minimum absolute atomic E-state index is 0. The summed E-state index contributed by atoms with van der Waals surface area (Å²) in [5.41, 5.74) is 26.6. The van der Waals surface area contributed by atoms with Crippen LogP contribution in [-0.2, 0) is 55.0 Å². The van der Waals surface area contributed by atoms with E-state index in [0.29, 0.717) is 44.6 Å². The molecular weight excluding hydrogens is 1260 g/mol. The molecule has 0 unspecified atom stereocenters. The average Bonchev–Trinajstić information content (AvgIpc) is 3.91. The number of anilines is 6. The summed E-state index contributed by atoms with van der Waals surface area (Å²) in [7, 11) is 0.580. The van der Waals surface area contributed by atoms with Crippen LogP contribution in [0.15, 0.2) is 85.2 Å². The van der Waals surface area contributed by atoms with E-state index in [0.717, 1.165) is 0 Å². The molecule has 0 saturated carbocycles. The molecule has 2 aromatic carbocycles. The van der Waals surface area contributed by atoms with Gasteiger partial charge in [-0.1, -0.05) is 43.8 Å². The maximum absolute atomic E-state index is 14.1. The number of nitrogens with zero attached hydrogens (tertiary/aromatic N) is 10. The highest BCUT2D eigenvalue weighted by molar-refractivity contribution is 15.0. The minimum atomic E-state index is -0.756. The normalized spacial score (nSPS) is 10.2. The van der Waals surface area contributed by atoms with Crippen LogP contribution in [0.1, 0.15) is 18.6 Å². The Balaban J connectivity index is 0.000000407. The maximum Gasteiger partial charge on any atom is 0.411 e. The molecule has 30 heteroatoms. The Hall–Kier alpha value is -6.65. The molecular formula is C45H56F2I2N16O7S3. The number of methoxy groups -OCH3 is 2. The Morgan fingerprint density at radius 3 is 1.13 bits per heavy atom. The van der Waals surface area contributed by atoms with Gasteiger partial charge in [0.25, 0.3) is 0 Å². The van der Waals surface area contributed by atoms with E-state index >= 15 is 0 Å². The van der Waals surface area contributed by atoms with Crippen LogP contribution in [0.25, 0.3) is 45.1 Å². The number of pyridine rings is 2. The highest BCUT2D eigenvalue weighted by atomic mass is 128. The molecule has 6 aromatic heterocycles. The number of ether oxygens (including phenoxy) is 2. The van der Waals surface area contributed by atoms with Crippen molar-refractivity contribution >= 4 is 139 Å². The molecule has 0 bridgehead atoms. The van der Waals surface area contributed by atoms with E-state index in [1.54, 1.807) is 120 Å². The summed E-state index contributed by atoms with van der Waals surface area (Å²) in [4.78, 5) is 48.5. The van der Waals surface area contributed by atoms with Crippen molar-refractivity contribution in [3.63, 3.8) is 0 Å². The van der Waals surface area contributed by atoms with Gasteiger partial charge in [-0.25, -0.2) is 57.6 Å². The second-order valence-corrected chi connectivity index (χ2v) is 19.2. The lowest BCUT2D eigenvalue weighted by Gasteiger charge is -2.10. The Kier molecular flexibility index (Phi) is 27.5. The fraction of sp³-hybridized carbons (Fsp3) is 0.244. The summed E-state index contributed by atoms with van der Waals surface area (Å²) in [6.45, 7) is 0.320. The zero-order valence-electron chi connectivity index (χ0n) is 40.9. The summed E-state index contributed by atoms with van der Waals surface area (Å²) < 4.78 is 69.1. The maximum atomic E-state index is 14.1. The topological polar surface area (TPSA) is 345 Å². The van der Waals surface area contributed by atoms with E-state index in [-0.39, 0.29) is 78.4 Å². The molecule has 8 rings (SSSR count). The van der Waals surface area contributed by atoms with Crippen LogP contribution in [0.5, 0.6) is 0 Å². The van der Waals surface area contributed by atoms with E-state index in [1.165, 1.54) is 26.4 Å². The van der Waals surface area contributed by atoms with Gasteiger partial charge in [-0.2, -0.15) is 10.2 Å². The number of benzene rings is 2. The standard InChI is InChI=1S/2C19H17FN8O2.3C2H6OS.CH4.I2/c2*1-30-19(29)24-14-15(21)25-17(26-16(14)22)13-11-6-4-8-23-18(11)28(27-13)9-10-5-2-3-7-12(10)20;3*1-4(2)3;;1-2/h2*2-8H,9H2,1H3,(H,24,29)(H4,21,22,25,26);3*1-2H3;1H4;. The first-order chi connectivity index (χ1) is 35.1. The minimum Gasteiger partial charge on any atom is -0.453 e. The lowest BCUT2D eigenvalue weighted by Crippen LogP contribution is -2.16. The van der Waals surface area contributed by atoms with Gasteiger partial charge in [0, 0.05) is 131 Å². The van der Waals surface area contributed by atoms with Crippen LogP contribution in [0.3, 0.4) is 0 Å². The van der Waals surface area contributed by atoms with Crippen molar-refractivity contribution in [2.24, 2.45) is 0 Å². The van der Waals surface area contributed by atoms with E-state index in [4.69, 9.17) is 22.9 Å². The van der Waals surface area contributed by atoms with Gasteiger partial charge in [0.2, 0.25) is 0 Å². The summed E-state index contributed by atoms with van der Waals surface area (Å²) in [5, 5.41) is 15.1. The summed E-state index contributed by atoms with van der Waals surface area (Å²) >= 11 is 4.24. The lowest BCUT2D eigenvalue weighted by atomic mass is 10.2. The zero-order valence-corrected chi connectivity index (χ0v) is 47.6. The molecule has 10 N–H and O–H groups in total.